The summed E-state index contributed by atoms with van der Waals surface area (Å²) in [5.41, 5.74) is 0.700. The number of hydrogen-bond acceptors (Lipinski definition) is 2. The molecule has 14 heavy (non-hydrogen) atoms. The standard InChI is InChI=1S/C10H17NO2S/c1-4-7-9-10(8-5-2)11(6-3)14(12)13/h4,7-9,14H,1,5-6H2,2-3H3/b9-7-,10-8+. The average molecular weight is 215 g/mol. The first-order valence-corrected chi connectivity index (χ1v) is 5.71. The first kappa shape index (κ1) is 13.0. The Kier molecular flexibility index (Phi) is 6.84. The third-order valence-electron chi connectivity index (χ3n) is 1.61. The number of likely N-dealkylation sites (N-methyl/N-ethyl adjacent to an activating group) is 1. The molecule has 0 aromatic rings. The van der Waals surface area contributed by atoms with Crippen LogP contribution in [-0.2, 0) is 10.9 Å². The molecule has 0 aromatic heterocycles. The van der Waals surface area contributed by atoms with Crippen molar-refractivity contribution in [1.29, 1.82) is 0 Å². The van der Waals surface area contributed by atoms with Gasteiger partial charge >= 0.3 is 0 Å². The summed E-state index contributed by atoms with van der Waals surface area (Å²) in [6.45, 7) is 7.76. The Hall–Kier alpha value is -1.03. The lowest BCUT2D eigenvalue weighted by atomic mass is 10.3. The van der Waals surface area contributed by atoms with E-state index in [1.165, 1.54) is 4.31 Å². The quantitative estimate of drug-likeness (QED) is 0.542. The van der Waals surface area contributed by atoms with E-state index >= 15 is 0 Å². The van der Waals surface area contributed by atoms with Crippen LogP contribution in [0.2, 0.25) is 0 Å². The van der Waals surface area contributed by atoms with Crippen LogP contribution in [0.1, 0.15) is 20.3 Å². The van der Waals surface area contributed by atoms with E-state index in [2.05, 4.69) is 6.58 Å². The van der Waals surface area contributed by atoms with Gasteiger partial charge in [-0.05, 0) is 19.4 Å². The fourth-order valence-electron chi connectivity index (χ4n) is 1.03. The highest BCUT2D eigenvalue weighted by atomic mass is 32.2. The maximum Gasteiger partial charge on any atom is 0.225 e. The molecule has 0 rings (SSSR count). The third-order valence-corrected chi connectivity index (χ3v) is 2.52. The molecule has 0 aliphatic heterocycles. The van der Waals surface area contributed by atoms with Gasteiger partial charge in [0.15, 0.2) is 0 Å². The second kappa shape index (κ2) is 7.38. The summed E-state index contributed by atoms with van der Waals surface area (Å²) in [4.78, 5) is 0. The van der Waals surface area contributed by atoms with Crippen molar-refractivity contribution in [1.82, 2.24) is 4.31 Å². The Bertz CT molecular complexity index is 295. The van der Waals surface area contributed by atoms with Gasteiger partial charge in [-0.3, -0.25) is 4.31 Å². The van der Waals surface area contributed by atoms with Gasteiger partial charge in [-0.2, -0.15) is 0 Å². The van der Waals surface area contributed by atoms with Crippen molar-refractivity contribution in [3.63, 3.8) is 0 Å². The molecular formula is C10H17NO2S. The highest BCUT2D eigenvalue weighted by molar-refractivity contribution is 7.70. The lowest BCUT2D eigenvalue weighted by Gasteiger charge is -2.15. The molecule has 0 amide bonds. The molecule has 80 valence electrons. The topological polar surface area (TPSA) is 37.4 Å². The maximum absolute atomic E-state index is 10.9. The molecule has 0 fully saturated rings. The van der Waals surface area contributed by atoms with Gasteiger partial charge in [-0.1, -0.05) is 31.7 Å². The molecule has 0 N–H and O–H groups in total. The lowest BCUT2D eigenvalue weighted by molar-refractivity contribution is 0.518. The maximum atomic E-state index is 10.9. The van der Waals surface area contributed by atoms with Crippen LogP contribution < -0.4 is 0 Å². The van der Waals surface area contributed by atoms with Crippen molar-refractivity contribution in [2.24, 2.45) is 0 Å². The van der Waals surface area contributed by atoms with Crippen LogP contribution in [0.5, 0.6) is 0 Å². The molecule has 0 bridgehead atoms. The largest absolute Gasteiger partial charge is 0.273 e. The van der Waals surface area contributed by atoms with Gasteiger partial charge in [-0.15, -0.1) is 0 Å². The molecule has 0 unspecified atom stereocenters. The van der Waals surface area contributed by atoms with Gasteiger partial charge in [0.2, 0.25) is 10.9 Å². The van der Waals surface area contributed by atoms with Crippen molar-refractivity contribution < 1.29 is 8.42 Å². The van der Waals surface area contributed by atoms with Crippen LogP contribution >= 0.6 is 0 Å². The average Bonchev–Trinajstić information content (AvgIpc) is 2.14. The van der Waals surface area contributed by atoms with Crippen LogP contribution in [0.3, 0.4) is 0 Å². The summed E-state index contributed by atoms with van der Waals surface area (Å²) in [6.07, 6.45) is 7.76. The highest BCUT2D eigenvalue weighted by Gasteiger charge is 2.04. The monoisotopic (exact) mass is 215 g/mol. The Balaban J connectivity index is 4.87. The molecule has 0 atom stereocenters. The number of hydrogen-bond donors (Lipinski definition) is 1. The van der Waals surface area contributed by atoms with Gasteiger partial charge < -0.3 is 0 Å². The molecule has 0 aliphatic rings. The Labute approximate surface area is 87.5 Å². The number of rotatable bonds is 6. The van der Waals surface area contributed by atoms with E-state index in [1.807, 2.05) is 13.0 Å². The third kappa shape index (κ3) is 4.28. The number of thiol groups is 1. The predicted molar refractivity (Wildman–Crippen MR) is 60.4 cm³/mol. The number of allylic oxidation sites excluding steroid dienone is 4. The normalized spacial score (nSPS) is 12.4. The van der Waals surface area contributed by atoms with Crippen LogP contribution in [0.4, 0.5) is 0 Å². The fraction of sp³-hybridized carbons (Fsp3) is 0.400. The van der Waals surface area contributed by atoms with Crippen LogP contribution in [-0.4, -0.2) is 19.3 Å². The Morgan fingerprint density at radius 2 is 2.07 bits per heavy atom. The highest BCUT2D eigenvalue weighted by Crippen LogP contribution is 2.07. The van der Waals surface area contributed by atoms with Crippen LogP contribution in [0.15, 0.2) is 36.6 Å². The lowest BCUT2D eigenvalue weighted by Crippen LogP contribution is -2.19. The first-order chi connectivity index (χ1) is 6.67. The van der Waals surface area contributed by atoms with E-state index in [0.717, 1.165) is 6.42 Å². The molecule has 0 aromatic carbocycles. The van der Waals surface area contributed by atoms with Crippen molar-refractivity contribution in [2.45, 2.75) is 20.3 Å². The van der Waals surface area contributed by atoms with Gasteiger partial charge in [0.1, 0.15) is 0 Å². The van der Waals surface area contributed by atoms with Crippen molar-refractivity contribution in [3.8, 4) is 0 Å². The summed E-state index contributed by atoms with van der Waals surface area (Å²) in [7, 11) is -2.55. The van der Waals surface area contributed by atoms with Crippen LogP contribution in [0, 0.1) is 0 Å². The van der Waals surface area contributed by atoms with E-state index in [-0.39, 0.29) is 0 Å². The minimum Gasteiger partial charge on any atom is -0.273 e. The van der Waals surface area contributed by atoms with Crippen molar-refractivity contribution in [3.05, 3.63) is 36.6 Å². The zero-order valence-electron chi connectivity index (χ0n) is 8.64. The first-order valence-electron chi connectivity index (χ1n) is 4.58. The Morgan fingerprint density at radius 3 is 2.43 bits per heavy atom. The molecule has 0 saturated heterocycles. The summed E-state index contributed by atoms with van der Waals surface area (Å²) in [5, 5.41) is 0. The smallest absolute Gasteiger partial charge is 0.225 e. The zero-order valence-corrected chi connectivity index (χ0v) is 9.54. The molecule has 0 saturated carbocycles. The van der Waals surface area contributed by atoms with E-state index in [9.17, 15) is 8.42 Å². The minimum absolute atomic E-state index is 0.450. The van der Waals surface area contributed by atoms with E-state index in [4.69, 9.17) is 0 Å². The molecule has 0 radical (unpaired) electrons. The summed E-state index contributed by atoms with van der Waals surface area (Å²) < 4.78 is 23.1. The van der Waals surface area contributed by atoms with E-state index in [0.29, 0.717) is 12.2 Å². The van der Waals surface area contributed by atoms with Gasteiger partial charge in [0.05, 0.1) is 0 Å². The van der Waals surface area contributed by atoms with Crippen molar-refractivity contribution >= 4 is 10.9 Å². The molecular weight excluding hydrogens is 198 g/mol. The minimum atomic E-state index is -2.55. The molecule has 4 heteroatoms. The zero-order chi connectivity index (χ0) is 11.0. The molecule has 0 heterocycles. The predicted octanol–water partition coefficient (Wildman–Crippen LogP) is 1.87. The van der Waals surface area contributed by atoms with Gasteiger partial charge in [0.25, 0.3) is 0 Å². The van der Waals surface area contributed by atoms with Crippen molar-refractivity contribution in [2.75, 3.05) is 6.54 Å². The van der Waals surface area contributed by atoms with Crippen LogP contribution in [0.25, 0.3) is 0 Å². The summed E-state index contributed by atoms with van der Waals surface area (Å²) in [6, 6.07) is 0. The Morgan fingerprint density at radius 1 is 1.43 bits per heavy atom. The second-order valence-corrected chi connectivity index (χ2v) is 3.54. The molecule has 3 nitrogen and oxygen atoms in total. The molecule has 0 spiro atoms. The number of nitrogens with zero attached hydrogens (tertiary/aromatic N) is 1. The van der Waals surface area contributed by atoms with E-state index < -0.39 is 10.9 Å². The second-order valence-electron chi connectivity index (χ2n) is 2.59. The summed E-state index contributed by atoms with van der Waals surface area (Å²) in [5.74, 6) is 0. The van der Waals surface area contributed by atoms with Gasteiger partial charge in [0, 0.05) is 12.2 Å². The van der Waals surface area contributed by atoms with E-state index in [1.54, 1.807) is 25.2 Å². The van der Waals surface area contributed by atoms with Gasteiger partial charge in [-0.25, -0.2) is 8.42 Å². The SMILES string of the molecule is C=C/C=C\C(=C/CC)N(CC)[SH](=O)=O. The summed E-state index contributed by atoms with van der Waals surface area (Å²) >= 11 is 0. The molecule has 0 aliphatic carbocycles. The fourth-order valence-corrected chi connectivity index (χ4v) is 1.60.